The molecule has 0 amide bonds. The Morgan fingerprint density at radius 3 is 1.66 bits per heavy atom. The first-order valence-electron chi connectivity index (χ1n) is 11.5. The summed E-state index contributed by atoms with van der Waals surface area (Å²) >= 11 is 0. The Hall–Kier alpha value is -4.64. The Labute approximate surface area is 205 Å². The molecule has 0 saturated heterocycles. The van der Waals surface area contributed by atoms with Crippen molar-refractivity contribution in [1.29, 1.82) is 0 Å². The van der Waals surface area contributed by atoms with Crippen molar-refractivity contribution in [3.05, 3.63) is 149 Å². The summed E-state index contributed by atoms with van der Waals surface area (Å²) in [5, 5.41) is 4.41. The molecule has 2 N–H and O–H groups in total. The van der Waals surface area contributed by atoms with Crippen LogP contribution >= 0.6 is 0 Å². The molecule has 4 aromatic carbocycles. The van der Waals surface area contributed by atoms with Crippen LogP contribution in [-0.2, 0) is 5.60 Å². The van der Waals surface area contributed by atoms with E-state index in [0.29, 0.717) is 5.95 Å². The Balaban J connectivity index is 1.55. The number of nitrogens with zero attached hydrogens (tertiary/aromatic N) is 3. The molecule has 0 atom stereocenters. The zero-order valence-corrected chi connectivity index (χ0v) is 19.5. The third-order valence-corrected chi connectivity index (χ3v) is 5.86. The summed E-state index contributed by atoms with van der Waals surface area (Å²) in [6, 6.07) is 38.9. The first-order valence-corrected chi connectivity index (χ1v) is 11.5. The highest BCUT2D eigenvalue weighted by atomic mass is 16.5. The predicted molar refractivity (Wildman–Crippen MR) is 141 cm³/mol. The van der Waals surface area contributed by atoms with E-state index in [4.69, 9.17) is 10.5 Å². The van der Waals surface area contributed by atoms with Crippen LogP contribution in [0.1, 0.15) is 27.9 Å². The second-order valence-electron chi connectivity index (χ2n) is 8.28. The van der Waals surface area contributed by atoms with Gasteiger partial charge in [0.05, 0.1) is 18.1 Å². The summed E-state index contributed by atoms with van der Waals surface area (Å²) in [5.41, 5.74) is 9.96. The van der Waals surface area contributed by atoms with E-state index >= 15 is 0 Å². The van der Waals surface area contributed by atoms with E-state index in [1.54, 1.807) is 17.1 Å². The third-order valence-electron chi connectivity index (χ3n) is 5.86. The molecule has 35 heavy (non-hydrogen) atoms. The molecule has 1 aromatic heterocycles. The summed E-state index contributed by atoms with van der Waals surface area (Å²) in [7, 11) is 0. The predicted octanol–water partition coefficient (Wildman–Crippen LogP) is 6.03. The average molecular weight is 459 g/mol. The highest BCUT2D eigenvalue weighted by Gasteiger charge is 2.38. The van der Waals surface area contributed by atoms with Crippen LogP contribution in [0.3, 0.4) is 0 Å². The van der Waals surface area contributed by atoms with Crippen molar-refractivity contribution in [3.63, 3.8) is 0 Å². The lowest BCUT2D eigenvalue weighted by Crippen LogP contribution is -2.36. The Morgan fingerprint density at radius 2 is 1.23 bits per heavy atom. The lowest BCUT2D eigenvalue weighted by Gasteiger charge is -2.36. The number of benzene rings is 4. The highest BCUT2D eigenvalue weighted by molar-refractivity contribution is 5.79. The van der Waals surface area contributed by atoms with Crippen LogP contribution in [0, 0.1) is 6.92 Å². The van der Waals surface area contributed by atoms with Crippen molar-refractivity contribution in [3.8, 4) is 5.75 Å². The van der Waals surface area contributed by atoms with Gasteiger partial charge in [0.2, 0.25) is 5.95 Å². The van der Waals surface area contributed by atoms with Crippen LogP contribution < -0.4 is 10.5 Å². The van der Waals surface area contributed by atoms with Crippen molar-refractivity contribution in [2.45, 2.75) is 12.5 Å². The molecular weight excluding hydrogens is 432 g/mol. The molecule has 0 fully saturated rings. The molecule has 0 saturated carbocycles. The van der Waals surface area contributed by atoms with Gasteiger partial charge >= 0.3 is 0 Å². The van der Waals surface area contributed by atoms with E-state index in [0.717, 1.165) is 33.7 Å². The van der Waals surface area contributed by atoms with Gasteiger partial charge in [-0.15, -0.1) is 0 Å². The minimum atomic E-state index is -0.817. The van der Waals surface area contributed by atoms with Gasteiger partial charge in [-0.25, -0.2) is 9.66 Å². The van der Waals surface area contributed by atoms with Crippen LogP contribution in [-0.4, -0.2) is 15.9 Å². The van der Waals surface area contributed by atoms with Gasteiger partial charge in [-0.3, -0.25) is 0 Å². The van der Waals surface area contributed by atoms with Crippen LogP contribution in [0.15, 0.2) is 127 Å². The molecule has 5 nitrogen and oxygen atoms in total. The van der Waals surface area contributed by atoms with E-state index in [2.05, 4.69) is 46.5 Å². The smallest absolute Gasteiger partial charge is 0.221 e. The van der Waals surface area contributed by atoms with Gasteiger partial charge in [-0.05, 0) is 36.8 Å². The van der Waals surface area contributed by atoms with Crippen LogP contribution in [0.5, 0.6) is 5.75 Å². The molecule has 0 radical (unpaired) electrons. The largest absolute Gasteiger partial charge is 0.473 e. The normalized spacial score (nSPS) is 11.6. The van der Waals surface area contributed by atoms with E-state index in [-0.39, 0.29) is 0 Å². The van der Waals surface area contributed by atoms with Crippen molar-refractivity contribution in [2.24, 2.45) is 5.10 Å². The second kappa shape index (κ2) is 9.69. The van der Waals surface area contributed by atoms with E-state index in [1.165, 1.54) is 0 Å². The average Bonchev–Trinajstić information content (AvgIpc) is 3.24. The van der Waals surface area contributed by atoms with Gasteiger partial charge in [-0.1, -0.05) is 91.0 Å². The summed E-state index contributed by atoms with van der Waals surface area (Å²) in [6.45, 7) is 1.88. The van der Waals surface area contributed by atoms with Crippen molar-refractivity contribution in [1.82, 2.24) is 9.66 Å². The summed E-state index contributed by atoms with van der Waals surface area (Å²) in [5.74, 6) is 1.11. The molecule has 0 aliphatic rings. The number of ether oxygens (including phenoxy) is 1. The number of aryl methyl sites for hydroxylation is 1. The molecule has 1 heterocycles. The van der Waals surface area contributed by atoms with Gasteiger partial charge in [0, 0.05) is 16.7 Å². The van der Waals surface area contributed by atoms with Crippen LogP contribution in [0.4, 0.5) is 5.95 Å². The fourth-order valence-corrected chi connectivity index (χ4v) is 4.22. The first-order chi connectivity index (χ1) is 17.1. The first kappa shape index (κ1) is 22.2. The minimum Gasteiger partial charge on any atom is -0.473 e. The maximum atomic E-state index is 6.92. The number of imidazole rings is 1. The third kappa shape index (κ3) is 4.57. The molecule has 0 aliphatic carbocycles. The fraction of sp³-hybridized carbons (Fsp3) is 0.0667. The monoisotopic (exact) mass is 458 g/mol. The number of nitrogens with two attached hydrogens (primary N) is 1. The Kier molecular flexibility index (Phi) is 6.14. The molecule has 172 valence electrons. The summed E-state index contributed by atoms with van der Waals surface area (Å²) in [4.78, 5) is 4.17. The maximum absolute atomic E-state index is 6.92. The van der Waals surface area contributed by atoms with Gasteiger partial charge in [-0.2, -0.15) is 5.10 Å². The highest BCUT2D eigenvalue weighted by Crippen LogP contribution is 2.41. The Bertz CT molecular complexity index is 1310. The zero-order chi connectivity index (χ0) is 24.1. The quantitative estimate of drug-likeness (QED) is 0.239. The molecule has 5 aromatic rings. The minimum absolute atomic E-state index is 0.358. The standard InChI is InChI=1S/C30H26N4O/c1-23-22-34(29(31)33-23)32-21-24-17-19-28(20-18-24)35-30(25-11-5-2-6-12-25,26-13-7-3-8-14-26)27-15-9-4-10-16-27/h2-22H,1H3,(H2,31,33). The van der Waals surface area contributed by atoms with Gasteiger partial charge < -0.3 is 10.5 Å². The maximum Gasteiger partial charge on any atom is 0.221 e. The van der Waals surface area contributed by atoms with Gasteiger partial charge in [0.25, 0.3) is 0 Å². The topological polar surface area (TPSA) is 65.4 Å². The van der Waals surface area contributed by atoms with Crippen LogP contribution in [0.2, 0.25) is 0 Å². The molecule has 0 aliphatic heterocycles. The van der Waals surface area contributed by atoms with Crippen molar-refractivity contribution >= 4 is 12.2 Å². The second-order valence-corrected chi connectivity index (χ2v) is 8.28. The van der Waals surface area contributed by atoms with E-state index < -0.39 is 5.60 Å². The Morgan fingerprint density at radius 1 is 0.743 bits per heavy atom. The van der Waals surface area contributed by atoms with Crippen molar-refractivity contribution < 1.29 is 4.74 Å². The van der Waals surface area contributed by atoms with Gasteiger partial charge in [0.15, 0.2) is 5.60 Å². The molecular formula is C30H26N4O. The summed E-state index contributed by atoms with van der Waals surface area (Å²) < 4.78 is 8.48. The molecule has 0 bridgehead atoms. The molecule has 5 rings (SSSR count). The fourth-order valence-electron chi connectivity index (χ4n) is 4.22. The van der Waals surface area contributed by atoms with Crippen LogP contribution in [0.25, 0.3) is 0 Å². The lowest BCUT2D eigenvalue weighted by atomic mass is 9.80. The number of aromatic nitrogens is 2. The number of hydrogen-bond donors (Lipinski definition) is 1. The molecule has 0 spiro atoms. The summed E-state index contributed by atoms with van der Waals surface area (Å²) in [6.07, 6.45) is 3.54. The zero-order valence-electron chi connectivity index (χ0n) is 19.5. The number of anilines is 1. The van der Waals surface area contributed by atoms with Gasteiger partial charge in [0.1, 0.15) is 5.75 Å². The SMILES string of the molecule is Cc1cn(N=Cc2ccc(OC(c3ccccc3)(c3ccccc3)c3ccccc3)cc2)c(N)n1. The van der Waals surface area contributed by atoms with E-state index in [1.807, 2.05) is 85.8 Å². The van der Waals surface area contributed by atoms with E-state index in [9.17, 15) is 0 Å². The molecule has 5 heteroatoms. The number of rotatable bonds is 7. The number of nitrogen functional groups attached to an aromatic ring is 1. The lowest BCUT2D eigenvalue weighted by molar-refractivity contribution is 0.155. The van der Waals surface area contributed by atoms with Crippen molar-refractivity contribution in [2.75, 3.05) is 5.73 Å². The molecule has 0 unspecified atom stereocenters. The number of hydrogen-bond acceptors (Lipinski definition) is 4.